The van der Waals surface area contributed by atoms with E-state index in [9.17, 15) is 0 Å². The van der Waals surface area contributed by atoms with Crippen molar-refractivity contribution in [2.45, 2.75) is 46.2 Å². The summed E-state index contributed by atoms with van der Waals surface area (Å²) in [7, 11) is 4.13. The molecule has 0 unspecified atom stereocenters. The maximum atomic E-state index is 4.65. The van der Waals surface area contributed by atoms with E-state index in [4.69, 9.17) is 0 Å². The highest BCUT2D eigenvalue weighted by molar-refractivity contribution is 7.15. The predicted octanol–water partition coefficient (Wildman–Crippen LogP) is 2.80. The number of anilines is 1. The Hall–Kier alpha value is -0.610. The highest BCUT2D eigenvalue weighted by Gasteiger charge is 2.16. The molecule has 0 radical (unpaired) electrons. The number of hydrogen-bond donors (Lipinski definition) is 1. The van der Waals surface area contributed by atoms with Gasteiger partial charge in [-0.2, -0.15) is 0 Å². The van der Waals surface area contributed by atoms with Crippen LogP contribution in [-0.4, -0.2) is 25.1 Å². The Labute approximate surface area is 103 Å². The van der Waals surface area contributed by atoms with Gasteiger partial charge >= 0.3 is 0 Å². The first kappa shape index (κ1) is 13.5. The molecule has 0 saturated carbocycles. The number of nitrogens with one attached hydrogen (secondary N) is 1. The van der Waals surface area contributed by atoms with Gasteiger partial charge in [0.05, 0.1) is 5.69 Å². The molecule has 92 valence electrons. The van der Waals surface area contributed by atoms with Crippen molar-refractivity contribution in [1.82, 2.24) is 10.3 Å². The van der Waals surface area contributed by atoms with Gasteiger partial charge in [-0.05, 0) is 26.8 Å². The van der Waals surface area contributed by atoms with Gasteiger partial charge in [0.25, 0.3) is 0 Å². The summed E-state index contributed by atoms with van der Waals surface area (Å²) < 4.78 is 0. The lowest BCUT2D eigenvalue weighted by molar-refractivity contribution is 0.590. The molecular formula is C12H23N3S. The lowest BCUT2D eigenvalue weighted by atomic mass is 10.1. The summed E-state index contributed by atoms with van der Waals surface area (Å²) in [5, 5.41) is 4.34. The summed E-state index contributed by atoms with van der Waals surface area (Å²) in [6.45, 7) is 7.48. The van der Waals surface area contributed by atoms with E-state index in [1.807, 2.05) is 7.05 Å². The van der Waals surface area contributed by atoms with Crippen molar-refractivity contribution in [3.8, 4) is 0 Å². The second-order valence-corrected chi connectivity index (χ2v) is 5.18. The molecular weight excluding hydrogens is 218 g/mol. The Balaban J connectivity index is 2.83. The van der Waals surface area contributed by atoms with E-state index >= 15 is 0 Å². The summed E-state index contributed by atoms with van der Waals surface area (Å²) in [5.41, 5.74) is 1.16. The normalized spacial score (nSPS) is 11.1. The number of hydrogen-bond acceptors (Lipinski definition) is 4. The van der Waals surface area contributed by atoms with Crippen LogP contribution >= 0.6 is 11.3 Å². The zero-order valence-corrected chi connectivity index (χ0v) is 11.8. The van der Waals surface area contributed by atoms with Gasteiger partial charge in [-0.1, -0.05) is 13.8 Å². The second kappa shape index (κ2) is 6.21. The third-order valence-corrected chi connectivity index (χ3v) is 4.26. The molecule has 0 spiro atoms. The third kappa shape index (κ3) is 2.95. The molecule has 0 aliphatic heterocycles. The van der Waals surface area contributed by atoms with E-state index in [1.165, 1.54) is 17.7 Å². The number of nitrogens with zero attached hydrogens (tertiary/aromatic N) is 2. The topological polar surface area (TPSA) is 28.2 Å². The molecule has 4 heteroatoms. The summed E-state index contributed by atoms with van der Waals surface area (Å²) >= 11 is 1.80. The van der Waals surface area contributed by atoms with Gasteiger partial charge in [-0.15, -0.1) is 11.3 Å². The zero-order valence-electron chi connectivity index (χ0n) is 11.0. The number of thiazole rings is 1. The quantitative estimate of drug-likeness (QED) is 0.830. The molecule has 0 aliphatic carbocycles. The number of aromatic nitrogens is 1. The van der Waals surface area contributed by atoms with Crippen LogP contribution in [0.15, 0.2) is 0 Å². The van der Waals surface area contributed by atoms with Gasteiger partial charge in [0.1, 0.15) is 0 Å². The molecule has 0 saturated heterocycles. The predicted molar refractivity (Wildman–Crippen MR) is 72.4 cm³/mol. The number of rotatable bonds is 6. The molecule has 1 N–H and O–H groups in total. The monoisotopic (exact) mass is 241 g/mol. The van der Waals surface area contributed by atoms with Gasteiger partial charge < -0.3 is 10.2 Å². The maximum Gasteiger partial charge on any atom is 0.185 e. The second-order valence-electron chi connectivity index (χ2n) is 4.12. The first-order valence-electron chi connectivity index (χ1n) is 5.97. The first-order valence-corrected chi connectivity index (χ1v) is 6.79. The maximum absolute atomic E-state index is 4.65. The Kier molecular flexibility index (Phi) is 5.22. The average molecular weight is 241 g/mol. The van der Waals surface area contributed by atoms with E-state index in [2.05, 4.69) is 43.0 Å². The summed E-state index contributed by atoms with van der Waals surface area (Å²) in [6.07, 6.45) is 2.35. The minimum Gasteiger partial charge on any atom is -0.348 e. The van der Waals surface area contributed by atoms with Crippen molar-refractivity contribution >= 4 is 16.5 Å². The highest BCUT2D eigenvalue weighted by Crippen LogP contribution is 2.27. The van der Waals surface area contributed by atoms with E-state index in [1.54, 1.807) is 11.3 Å². The van der Waals surface area contributed by atoms with Crippen LogP contribution in [0.1, 0.15) is 37.3 Å². The van der Waals surface area contributed by atoms with Gasteiger partial charge in [0.15, 0.2) is 5.13 Å². The van der Waals surface area contributed by atoms with Crippen LogP contribution in [0.3, 0.4) is 0 Å². The van der Waals surface area contributed by atoms with Crippen LogP contribution in [0.5, 0.6) is 0 Å². The summed E-state index contributed by atoms with van der Waals surface area (Å²) in [6, 6.07) is 0.605. The van der Waals surface area contributed by atoms with Crippen LogP contribution in [-0.2, 0) is 6.54 Å². The fraction of sp³-hybridized carbons (Fsp3) is 0.750. The molecule has 16 heavy (non-hydrogen) atoms. The largest absolute Gasteiger partial charge is 0.348 e. The minimum atomic E-state index is 0.605. The van der Waals surface area contributed by atoms with Crippen LogP contribution in [0, 0.1) is 6.92 Å². The Morgan fingerprint density at radius 3 is 2.50 bits per heavy atom. The van der Waals surface area contributed by atoms with Gasteiger partial charge in [0, 0.05) is 24.5 Å². The zero-order chi connectivity index (χ0) is 12.1. The lowest BCUT2D eigenvalue weighted by Gasteiger charge is -2.25. The van der Waals surface area contributed by atoms with Crippen molar-refractivity contribution in [3.63, 3.8) is 0 Å². The Bertz CT molecular complexity index is 318. The minimum absolute atomic E-state index is 0.605. The third-order valence-electron chi connectivity index (χ3n) is 3.01. The number of aryl methyl sites for hydroxylation is 1. The molecule has 0 aliphatic rings. The van der Waals surface area contributed by atoms with Gasteiger partial charge in [0.2, 0.25) is 0 Å². The fourth-order valence-corrected chi connectivity index (χ4v) is 2.99. The molecule has 1 aromatic heterocycles. The molecule has 0 atom stereocenters. The Morgan fingerprint density at radius 2 is 2.00 bits per heavy atom. The van der Waals surface area contributed by atoms with Gasteiger partial charge in [-0.25, -0.2) is 4.98 Å². The van der Waals surface area contributed by atoms with Crippen molar-refractivity contribution in [1.29, 1.82) is 0 Å². The van der Waals surface area contributed by atoms with Crippen LogP contribution in [0.4, 0.5) is 5.13 Å². The fourth-order valence-electron chi connectivity index (χ4n) is 1.88. The van der Waals surface area contributed by atoms with E-state index in [0.717, 1.165) is 17.4 Å². The van der Waals surface area contributed by atoms with E-state index in [-0.39, 0.29) is 0 Å². The van der Waals surface area contributed by atoms with Crippen molar-refractivity contribution < 1.29 is 0 Å². The lowest BCUT2D eigenvalue weighted by Crippen LogP contribution is -2.30. The van der Waals surface area contributed by atoms with Crippen molar-refractivity contribution in [3.05, 3.63) is 10.6 Å². The van der Waals surface area contributed by atoms with E-state index in [0.29, 0.717) is 6.04 Å². The molecule has 0 amide bonds. The molecule has 0 fully saturated rings. The SMILES string of the molecule is CCC(CC)N(C)c1nc(C)c(CNC)s1. The summed E-state index contributed by atoms with van der Waals surface area (Å²) in [5.74, 6) is 0. The summed E-state index contributed by atoms with van der Waals surface area (Å²) in [4.78, 5) is 8.31. The average Bonchev–Trinajstić information content (AvgIpc) is 2.63. The Morgan fingerprint density at radius 1 is 1.38 bits per heavy atom. The first-order chi connectivity index (χ1) is 7.63. The van der Waals surface area contributed by atoms with Crippen molar-refractivity contribution in [2.75, 3.05) is 19.0 Å². The van der Waals surface area contributed by atoms with Crippen LogP contribution in [0.25, 0.3) is 0 Å². The molecule has 3 nitrogen and oxygen atoms in total. The molecule has 1 rings (SSSR count). The van der Waals surface area contributed by atoms with Crippen LogP contribution < -0.4 is 10.2 Å². The van der Waals surface area contributed by atoms with Crippen LogP contribution in [0.2, 0.25) is 0 Å². The van der Waals surface area contributed by atoms with Crippen molar-refractivity contribution in [2.24, 2.45) is 0 Å². The molecule has 1 aromatic rings. The molecule has 0 aromatic carbocycles. The van der Waals surface area contributed by atoms with E-state index < -0.39 is 0 Å². The molecule has 1 heterocycles. The van der Waals surface area contributed by atoms with Gasteiger partial charge in [-0.3, -0.25) is 0 Å². The highest BCUT2D eigenvalue weighted by atomic mass is 32.1. The standard InChI is InChI=1S/C12H23N3S/c1-6-10(7-2)15(5)12-14-9(3)11(16-12)8-13-4/h10,13H,6-8H2,1-5H3. The smallest absolute Gasteiger partial charge is 0.185 e. The molecule has 0 bridgehead atoms.